The predicted octanol–water partition coefficient (Wildman–Crippen LogP) is 5.90. The van der Waals surface area contributed by atoms with Crippen LogP contribution in [0.3, 0.4) is 0 Å². The first kappa shape index (κ1) is 22.8. The van der Waals surface area contributed by atoms with Crippen molar-refractivity contribution in [2.24, 2.45) is 0 Å². The quantitative estimate of drug-likeness (QED) is 0.416. The number of halogens is 3. The number of ether oxygens (including phenoxy) is 1. The molecule has 0 bridgehead atoms. The number of carboxylic acids is 1. The zero-order valence-corrected chi connectivity index (χ0v) is 18.5. The molecule has 8 heteroatoms. The molecule has 2 aromatic carbocycles. The number of H-pyrrole nitrogens is 1. The molecule has 1 fully saturated rings. The summed E-state index contributed by atoms with van der Waals surface area (Å²) in [6, 6.07) is 9.83. The van der Waals surface area contributed by atoms with E-state index in [-0.39, 0.29) is 30.4 Å². The largest absolute Gasteiger partial charge is 0.489 e. The number of fused-ring (bicyclic) bond motifs is 3. The van der Waals surface area contributed by atoms with Crippen LogP contribution < -0.4 is 4.74 Å². The molecule has 3 N–H and O–H groups in total. The summed E-state index contributed by atoms with van der Waals surface area (Å²) in [6.45, 7) is -0.00356. The fourth-order valence-corrected chi connectivity index (χ4v) is 5.53. The number of aliphatic hydroxyl groups excluding tert-OH is 1. The molecule has 180 valence electrons. The third-order valence-electron chi connectivity index (χ3n) is 7.16. The molecule has 0 spiro atoms. The Morgan fingerprint density at radius 3 is 2.65 bits per heavy atom. The fourth-order valence-electron chi connectivity index (χ4n) is 5.53. The van der Waals surface area contributed by atoms with E-state index in [0.29, 0.717) is 30.6 Å². The van der Waals surface area contributed by atoms with Gasteiger partial charge in [0.2, 0.25) is 0 Å². The molecule has 1 heterocycles. The van der Waals surface area contributed by atoms with Gasteiger partial charge in [-0.15, -0.1) is 0 Å². The molecule has 5 rings (SSSR count). The lowest BCUT2D eigenvalue weighted by molar-refractivity contribution is -0.139. The lowest BCUT2D eigenvalue weighted by atomic mass is 9.91. The summed E-state index contributed by atoms with van der Waals surface area (Å²) in [5, 5.41) is 19.9. The zero-order valence-electron chi connectivity index (χ0n) is 18.5. The molecule has 0 radical (unpaired) electrons. The second-order valence-electron chi connectivity index (χ2n) is 9.43. The van der Waals surface area contributed by atoms with Gasteiger partial charge in [-0.05, 0) is 79.0 Å². The number of aromatic nitrogens is 1. The maximum Gasteiger partial charge on any atom is 0.416 e. The molecule has 0 saturated heterocycles. The molecule has 2 aliphatic rings. The maximum atomic E-state index is 13.8. The lowest BCUT2D eigenvalue weighted by Crippen LogP contribution is -2.13. The minimum Gasteiger partial charge on any atom is -0.489 e. The Labute approximate surface area is 194 Å². The van der Waals surface area contributed by atoms with Crippen molar-refractivity contribution in [3.8, 4) is 5.75 Å². The number of aryl methyl sites for hydroxylation is 1. The third-order valence-corrected chi connectivity index (χ3v) is 7.16. The molecule has 5 nitrogen and oxygen atoms in total. The van der Waals surface area contributed by atoms with Crippen LogP contribution in [0.5, 0.6) is 5.75 Å². The number of aromatic amines is 1. The summed E-state index contributed by atoms with van der Waals surface area (Å²) in [4.78, 5) is 14.5. The Morgan fingerprint density at radius 1 is 1.12 bits per heavy atom. The normalized spacial score (nSPS) is 22.3. The molecule has 3 atom stereocenters. The SMILES string of the molecule is O=C(O)CC1CCc2c1[nH]c1ccc(OCc3ccc(C4CCC(O)C4)c(C(F)(F)F)c3)cc21. The number of benzene rings is 2. The van der Waals surface area contributed by atoms with Gasteiger partial charge in [0, 0.05) is 22.5 Å². The van der Waals surface area contributed by atoms with Gasteiger partial charge in [0.05, 0.1) is 18.1 Å². The molecular weight excluding hydrogens is 447 g/mol. The van der Waals surface area contributed by atoms with E-state index < -0.39 is 23.8 Å². The van der Waals surface area contributed by atoms with Crippen LogP contribution in [0.25, 0.3) is 10.9 Å². The Hall–Kier alpha value is -3.00. The monoisotopic (exact) mass is 473 g/mol. The highest BCUT2D eigenvalue weighted by molar-refractivity contribution is 5.87. The van der Waals surface area contributed by atoms with Crippen molar-refractivity contribution in [2.75, 3.05) is 0 Å². The van der Waals surface area contributed by atoms with Gasteiger partial charge in [0.25, 0.3) is 0 Å². The van der Waals surface area contributed by atoms with Crippen molar-refractivity contribution in [1.82, 2.24) is 4.98 Å². The van der Waals surface area contributed by atoms with Crippen molar-refractivity contribution >= 4 is 16.9 Å². The average molecular weight is 473 g/mol. The van der Waals surface area contributed by atoms with Crippen LogP contribution in [0.1, 0.15) is 71.9 Å². The van der Waals surface area contributed by atoms with Crippen LogP contribution in [-0.4, -0.2) is 27.3 Å². The number of carbonyl (C=O) groups is 1. The Balaban J connectivity index is 1.35. The average Bonchev–Trinajstić information content (AvgIpc) is 3.47. The fraction of sp³-hybridized carbons (Fsp3) is 0.423. The number of hydrogen-bond donors (Lipinski definition) is 3. The van der Waals surface area contributed by atoms with Gasteiger partial charge in [-0.1, -0.05) is 12.1 Å². The van der Waals surface area contributed by atoms with Crippen molar-refractivity contribution in [2.45, 2.75) is 69.2 Å². The molecule has 1 aromatic heterocycles. The molecule has 0 aliphatic heterocycles. The summed E-state index contributed by atoms with van der Waals surface area (Å²) < 4.78 is 47.2. The van der Waals surface area contributed by atoms with Crippen molar-refractivity contribution in [1.29, 1.82) is 0 Å². The van der Waals surface area contributed by atoms with E-state index in [4.69, 9.17) is 9.84 Å². The molecule has 3 aromatic rings. The minimum atomic E-state index is -4.48. The molecular formula is C26H26F3NO4. The van der Waals surface area contributed by atoms with Gasteiger partial charge >= 0.3 is 12.1 Å². The van der Waals surface area contributed by atoms with E-state index in [1.807, 2.05) is 12.1 Å². The van der Waals surface area contributed by atoms with Crippen LogP contribution in [0.4, 0.5) is 13.2 Å². The van der Waals surface area contributed by atoms with Crippen LogP contribution in [0, 0.1) is 0 Å². The number of carboxylic acid groups (broad SMARTS) is 1. The number of hydrogen-bond acceptors (Lipinski definition) is 3. The summed E-state index contributed by atoms with van der Waals surface area (Å²) in [5.74, 6) is -0.601. The number of alkyl halides is 3. The van der Waals surface area contributed by atoms with E-state index in [2.05, 4.69) is 4.98 Å². The molecule has 2 aliphatic carbocycles. The van der Waals surface area contributed by atoms with Gasteiger partial charge in [-0.2, -0.15) is 13.2 Å². The van der Waals surface area contributed by atoms with E-state index in [1.54, 1.807) is 12.1 Å². The summed E-state index contributed by atoms with van der Waals surface area (Å²) in [7, 11) is 0. The van der Waals surface area contributed by atoms with Crippen molar-refractivity contribution in [3.05, 3.63) is 64.3 Å². The number of aliphatic carboxylic acids is 1. The third kappa shape index (κ3) is 4.39. The molecule has 1 saturated carbocycles. The summed E-state index contributed by atoms with van der Waals surface area (Å²) in [6.07, 6.45) is -1.95. The molecule has 34 heavy (non-hydrogen) atoms. The van der Waals surface area contributed by atoms with E-state index in [1.165, 1.54) is 6.07 Å². The number of nitrogens with one attached hydrogen (secondary N) is 1. The first-order chi connectivity index (χ1) is 16.2. The second kappa shape index (κ2) is 8.65. The van der Waals surface area contributed by atoms with Gasteiger partial charge in [0.15, 0.2) is 0 Å². The van der Waals surface area contributed by atoms with Crippen molar-refractivity contribution < 1.29 is 32.9 Å². The van der Waals surface area contributed by atoms with Crippen LogP contribution in [0.2, 0.25) is 0 Å². The van der Waals surface area contributed by atoms with E-state index in [0.717, 1.165) is 41.1 Å². The summed E-state index contributed by atoms with van der Waals surface area (Å²) >= 11 is 0. The smallest absolute Gasteiger partial charge is 0.416 e. The highest BCUT2D eigenvalue weighted by Crippen LogP contribution is 2.43. The van der Waals surface area contributed by atoms with Crippen LogP contribution in [0.15, 0.2) is 36.4 Å². The standard InChI is InChI=1S/C26H26F3NO4/c27-26(28,29)22-9-14(1-6-19(22)15-2-4-17(31)10-15)13-34-18-5-8-23-21(12-18)20-7-3-16(11-24(32)33)25(20)30-23/h1,5-6,8-9,12,15-17,30-31H,2-4,7,10-11,13H2,(H,32,33). The zero-order chi connectivity index (χ0) is 24.0. The van der Waals surface area contributed by atoms with Gasteiger partial charge in [-0.25, -0.2) is 0 Å². The topological polar surface area (TPSA) is 82.5 Å². The van der Waals surface area contributed by atoms with Gasteiger partial charge < -0.3 is 19.9 Å². The molecule has 3 unspecified atom stereocenters. The maximum absolute atomic E-state index is 13.8. The van der Waals surface area contributed by atoms with Gasteiger partial charge in [0.1, 0.15) is 12.4 Å². The Kier molecular flexibility index (Phi) is 5.80. The lowest BCUT2D eigenvalue weighted by Gasteiger charge is -2.19. The van der Waals surface area contributed by atoms with E-state index >= 15 is 0 Å². The Bertz CT molecular complexity index is 1230. The van der Waals surface area contributed by atoms with E-state index in [9.17, 15) is 23.1 Å². The van der Waals surface area contributed by atoms with Crippen LogP contribution in [-0.2, 0) is 24.0 Å². The first-order valence-corrected chi connectivity index (χ1v) is 11.6. The highest BCUT2D eigenvalue weighted by Gasteiger charge is 2.37. The van der Waals surface area contributed by atoms with Crippen LogP contribution >= 0.6 is 0 Å². The Morgan fingerprint density at radius 2 is 1.94 bits per heavy atom. The highest BCUT2D eigenvalue weighted by atomic mass is 19.4. The van der Waals surface area contributed by atoms with Crippen molar-refractivity contribution in [3.63, 3.8) is 0 Å². The minimum absolute atomic E-state index is 0.00356. The number of rotatable bonds is 6. The summed E-state index contributed by atoms with van der Waals surface area (Å²) in [5.41, 5.74) is 2.96. The predicted molar refractivity (Wildman–Crippen MR) is 120 cm³/mol. The molecule has 0 amide bonds. The number of aliphatic hydroxyl groups is 1. The second-order valence-corrected chi connectivity index (χ2v) is 9.43. The van der Waals surface area contributed by atoms with Gasteiger partial charge in [-0.3, -0.25) is 4.79 Å². The first-order valence-electron chi connectivity index (χ1n) is 11.6.